The third kappa shape index (κ3) is 4.59. The lowest BCUT2D eigenvalue weighted by molar-refractivity contribution is 0.407. The first-order valence-electron chi connectivity index (χ1n) is 11.4. The molecule has 7 nitrogen and oxygen atoms in total. The quantitative estimate of drug-likeness (QED) is 0.200. The molecule has 5 rings (SSSR count). The van der Waals surface area contributed by atoms with Crippen LogP contribution >= 0.6 is 11.8 Å². The molecule has 0 saturated heterocycles. The SMILES string of the molecule is COc1ccccc1Cn1c(SCc2nc(-c3ccccc3OC)oc2C)nc2ccccc2c1=O. The molecule has 0 aliphatic carbocycles. The van der Waals surface area contributed by atoms with Gasteiger partial charge in [0.1, 0.15) is 17.3 Å². The number of oxazole rings is 1. The fourth-order valence-electron chi connectivity index (χ4n) is 4.03. The molecule has 2 aromatic heterocycles. The van der Waals surface area contributed by atoms with Gasteiger partial charge < -0.3 is 13.9 Å². The van der Waals surface area contributed by atoms with Crippen molar-refractivity contribution >= 4 is 22.7 Å². The van der Waals surface area contributed by atoms with Gasteiger partial charge in [0.05, 0.1) is 42.9 Å². The van der Waals surface area contributed by atoms with E-state index in [0.29, 0.717) is 45.8 Å². The maximum atomic E-state index is 13.5. The number of rotatable bonds is 8. The van der Waals surface area contributed by atoms with E-state index in [1.54, 1.807) is 24.9 Å². The first-order chi connectivity index (χ1) is 17.6. The van der Waals surface area contributed by atoms with E-state index in [2.05, 4.69) is 0 Å². The first-order valence-corrected chi connectivity index (χ1v) is 12.4. The first kappa shape index (κ1) is 23.7. The highest BCUT2D eigenvalue weighted by molar-refractivity contribution is 7.98. The van der Waals surface area contributed by atoms with E-state index >= 15 is 0 Å². The second kappa shape index (κ2) is 10.3. The van der Waals surface area contributed by atoms with Gasteiger partial charge in [-0.15, -0.1) is 0 Å². The van der Waals surface area contributed by atoms with Gasteiger partial charge in [-0.05, 0) is 37.3 Å². The van der Waals surface area contributed by atoms with Crippen LogP contribution in [0.1, 0.15) is 17.0 Å². The van der Waals surface area contributed by atoms with Crippen molar-refractivity contribution in [2.45, 2.75) is 24.4 Å². The largest absolute Gasteiger partial charge is 0.496 e. The van der Waals surface area contributed by atoms with Crippen LogP contribution in [0.15, 0.2) is 87.2 Å². The second-order valence-electron chi connectivity index (χ2n) is 8.13. The average Bonchev–Trinajstić information content (AvgIpc) is 3.29. The predicted octanol–water partition coefficient (Wildman–Crippen LogP) is 5.72. The van der Waals surface area contributed by atoms with Gasteiger partial charge in [0.15, 0.2) is 5.16 Å². The van der Waals surface area contributed by atoms with Crippen molar-refractivity contribution in [2.24, 2.45) is 0 Å². The number of ether oxygens (including phenoxy) is 2. The molecule has 5 aromatic rings. The summed E-state index contributed by atoms with van der Waals surface area (Å²) in [6.07, 6.45) is 0. The highest BCUT2D eigenvalue weighted by atomic mass is 32.2. The van der Waals surface area contributed by atoms with Crippen molar-refractivity contribution in [3.8, 4) is 23.0 Å². The van der Waals surface area contributed by atoms with Gasteiger partial charge in [-0.2, -0.15) is 0 Å². The number of methoxy groups -OCH3 is 2. The molecule has 182 valence electrons. The zero-order valence-electron chi connectivity index (χ0n) is 20.2. The number of benzene rings is 3. The second-order valence-corrected chi connectivity index (χ2v) is 9.07. The molecular weight excluding hydrogens is 474 g/mol. The van der Waals surface area contributed by atoms with Crippen LogP contribution in [0.4, 0.5) is 0 Å². The third-order valence-corrected chi connectivity index (χ3v) is 6.90. The van der Waals surface area contributed by atoms with E-state index in [1.165, 1.54) is 11.8 Å². The Morgan fingerprint density at radius 2 is 1.58 bits per heavy atom. The minimum Gasteiger partial charge on any atom is -0.496 e. The molecule has 0 amide bonds. The van der Waals surface area contributed by atoms with E-state index in [1.807, 2.05) is 73.7 Å². The molecule has 8 heteroatoms. The third-order valence-electron chi connectivity index (χ3n) is 5.92. The molecule has 0 N–H and O–H groups in total. The Hall–Kier alpha value is -4.04. The fourth-order valence-corrected chi connectivity index (χ4v) is 5.03. The van der Waals surface area contributed by atoms with Crippen LogP contribution in [0.5, 0.6) is 11.5 Å². The van der Waals surface area contributed by atoms with Crippen molar-refractivity contribution in [3.05, 3.63) is 100 Å². The lowest BCUT2D eigenvalue weighted by atomic mass is 10.2. The van der Waals surface area contributed by atoms with Gasteiger partial charge >= 0.3 is 0 Å². The molecule has 0 spiro atoms. The maximum Gasteiger partial charge on any atom is 0.262 e. The zero-order valence-corrected chi connectivity index (χ0v) is 21.0. The van der Waals surface area contributed by atoms with Crippen molar-refractivity contribution in [1.82, 2.24) is 14.5 Å². The van der Waals surface area contributed by atoms with Gasteiger partial charge in [0, 0.05) is 11.3 Å². The van der Waals surface area contributed by atoms with Crippen molar-refractivity contribution in [2.75, 3.05) is 14.2 Å². The predicted molar refractivity (Wildman–Crippen MR) is 141 cm³/mol. The smallest absolute Gasteiger partial charge is 0.262 e. The minimum absolute atomic E-state index is 0.0967. The van der Waals surface area contributed by atoms with Crippen LogP contribution in [-0.4, -0.2) is 28.8 Å². The van der Waals surface area contributed by atoms with Crippen LogP contribution in [0.25, 0.3) is 22.4 Å². The molecule has 36 heavy (non-hydrogen) atoms. The summed E-state index contributed by atoms with van der Waals surface area (Å²) in [5, 5.41) is 1.18. The molecule has 0 bridgehead atoms. The highest BCUT2D eigenvalue weighted by Gasteiger charge is 2.18. The van der Waals surface area contributed by atoms with Gasteiger partial charge in [0.25, 0.3) is 5.56 Å². The Morgan fingerprint density at radius 1 is 0.889 bits per heavy atom. The molecule has 0 unspecified atom stereocenters. The Labute approximate surface area is 212 Å². The standard InChI is InChI=1S/C28H25N3O4S/c1-18-23(29-26(35-18)21-12-6-9-15-25(21)34-3)17-36-28-30-22-13-7-5-11-20(22)27(32)31(28)16-19-10-4-8-14-24(19)33-2/h4-15H,16-17H2,1-3H3. The van der Waals surface area contributed by atoms with Gasteiger partial charge in [-0.25, -0.2) is 9.97 Å². The number of aryl methyl sites for hydroxylation is 1. The lowest BCUT2D eigenvalue weighted by Gasteiger charge is -2.15. The molecule has 0 aliphatic heterocycles. The van der Waals surface area contributed by atoms with Crippen molar-refractivity contribution < 1.29 is 13.9 Å². The summed E-state index contributed by atoms with van der Waals surface area (Å²) < 4.78 is 18.6. The number of fused-ring (bicyclic) bond motifs is 1. The number of para-hydroxylation sites is 3. The van der Waals surface area contributed by atoms with E-state index < -0.39 is 0 Å². The van der Waals surface area contributed by atoms with E-state index in [0.717, 1.165) is 22.6 Å². The van der Waals surface area contributed by atoms with E-state index in [4.69, 9.17) is 23.9 Å². The minimum atomic E-state index is -0.0967. The Morgan fingerprint density at radius 3 is 2.39 bits per heavy atom. The van der Waals surface area contributed by atoms with E-state index in [9.17, 15) is 4.79 Å². The Balaban J connectivity index is 1.51. The molecular formula is C28H25N3O4S. The number of thioether (sulfide) groups is 1. The summed E-state index contributed by atoms with van der Waals surface area (Å²) in [6, 6.07) is 22.7. The summed E-state index contributed by atoms with van der Waals surface area (Å²) in [7, 11) is 3.25. The zero-order chi connectivity index (χ0) is 25.1. The van der Waals surface area contributed by atoms with Crippen LogP contribution in [-0.2, 0) is 12.3 Å². The molecule has 0 atom stereocenters. The average molecular weight is 500 g/mol. The Kier molecular flexibility index (Phi) is 6.77. The summed E-state index contributed by atoms with van der Waals surface area (Å²) in [6.45, 7) is 2.23. The highest BCUT2D eigenvalue weighted by Crippen LogP contribution is 2.32. The molecule has 3 aromatic carbocycles. The van der Waals surface area contributed by atoms with Crippen LogP contribution in [0, 0.1) is 6.92 Å². The number of aromatic nitrogens is 3. The molecule has 0 radical (unpaired) electrons. The monoisotopic (exact) mass is 499 g/mol. The van der Waals surface area contributed by atoms with Crippen LogP contribution < -0.4 is 15.0 Å². The topological polar surface area (TPSA) is 79.4 Å². The molecule has 0 aliphatic rings. The van der Waals surface area contributed by atoms with Crippen LogP contribution in [0.2, 0.25) is 0 Å². The molecule has 0 fully saturated rings. The Bertz CT molecular complexity index is 1590. The summed E-state index contributed by atoms with van der Waals surface area (Å²) >= 11 is 1.45. The number of hydrogen-bond donors (Lipinski definition) is 0. The summed E-state index contributed by atoms with van der Waals surface area (Å²) in [5.74, 6) is 3.12. The molecule has 2 heterocycles. The number of hydrogen-bond acceptors (Lipinski definition) is 7. The summed E-state index contributed by atoms with van der Waals surface area (Å²) in [4.78, 5) is 23.1. The van der Waals surface area contributed by atoms with Crippen LogP contribution in [0.3, 0.4) is 0 Å². The van der Waals surface area contributed by atoms with Gasteiger partial charge in [-0.1, -0.05) is 54.2 Å². The normalized spacial score (nSPS) is 11.1. The van der Waals surface area contributed by atoms with Gasteiger partial charge in [-0.3, -0.25) is 9.36 Å². The summed E-state index contributed by atoms with van der Waals surface area (Å²) in [5.41, 5.74) is 3.04. The van der Waals surface area contributed by atoms with Gasteiger partial charge in [0.2, 0.25) is 5.89 Å². The number of nitrogens with zero attached hydrogens (tertiary/aromatic N) is 3. The lowest BCUT2D eigenvalue weighted by Crippen LogP contribution is -2.24. The van der Waals surface area contributed by atoms with Crippen molar-refractivity contribution in [3.63, 3.8) is 0 Å². The van der Waals surface area contributed by atoms with E-state index in [-0.39, 0.29) is 5.56 Å². The fraction of sp³-hybridized carbons (Fsp3) is 0.179. The maximum absolute atomic E-state index is 13.5. The van der Waals surface area contributed by atoms with Crippen molar-refractivity contribution in [1.29, 1.82) is 0 Å². The molecule has 0 saturated carbocycles.